The van der Waals surface area contributed by atoms with Gasteiger partial charge in [-0.05, 0) is 61.1 Å². The standard InChI is InChI=1S/C16H20O2/c1-7-8(2)10(4)14-12(6)16(18)15(17)11(5)13(14)9(7)3/h11-12H,1-6H3. The summed E-state index contributed by atoms with van der Waals surface area (Å²) < 4.78 is 0. The van der Waals surface area contributed by atoms with E-state index in [-0.39, 0.29) is 23.4 Å². The van der Waals surface area contributed by atoms with Gasteiger partial charge >= 0.3 is 0 Å². The molecule has 0 amide bonds. The molecule has 1 aliphatic rings. The highest BCUT2D eigenvalue weighted by Crippen LogP contribution is 2.40. The normalized spacial score (nSPS) is 23.2. The van der Waals surface area contributed by atoms with Crippen LogP contribution in [0, 0.1) is 27.7 Å². The van der Waals surface area contributed by atoms with Crippen LogP contribution in [-0.4, -0.2) is 11.6 Å². The Morgan fingerprint density at radius 3 is 1.17 bits per heavy atom. The zero-order valence-corrected chi connectivity index (χ0v) is 12.0. The van der Waals surface area contributed by atoms with Crippen LogP contribution in [0.15, 0.2) is 0 Å². The van der Waals surface area contributed by atoms with Crippen LogP contribution in [0.5, 0.6) is 0 Å². The topological polar surface area (TPSA) is 34.1 Å². The van der Waals surface area contributed by atoms with Crippen LogP contribution in [0.3, 0.4) is 0 Å². The molecule has 2 atom stereocenters. The fraction of sp³-hybridized carbons (Fsp3) is 0.500. The predicted octanol–water partition coefficient (Wildman–Crippen LogP) is 3.28. The van der Waals surface area contributed by atoms with Crippen LogP contribution in [-0.2, 0) is 9.59 Å². The first-order valence-electron chi connectivity index (χ1n) is 6.47. The lowest BCUT2D eigenvalue weighted by Gasteiger charge is -2.31. The minimum absolute atomic E-state index is 0.235. The van der Waals surface area contributed by atoms with E-state index >= 15 is 0 Å². The first-order valence-corrected chi connectivity index (χ1v) is 6.47. The summed E-state index contributed by atoms with van der Waals surface area (Å²) >= 11 is 0. The molecule has 1 aromatic carbocycles. The Kier molecular flexibility index (Phi) is 2.92. The molecule has 0 radical (unpaired) electrons. The lowest BCUT2D eigenvalue weighted by Crippen LogP contribution is -2.33. The van der Waals surface area contributed by atoms with Crippen molar-refractivity contribution in [3.8, 4) is 0 Å². The van der Waals surface area contributed by atoms with Crippen molar-refractivity contribution in [1.29, 1.82) is 0 Å². The van der Waals surface area contributed by atoms with Gasteiger partial charge < -0.3 is 0 Å². The van der Waals surface area contributed by atoms with Gasteiger partial charge in [-0.25, -0.2) is 0 Å². The number of carbonyl (C=O) groups excluding carboxylic acids is 2. The molecule has 0 fully saturated rings. The molecule has 0 bridgehead atoms. The Bertz CT molecular complexity index is 516. The van der Waals surface area contributed by atoms with E-state index in [1.807, 2.05) is 13.8 Å². The fourth-order valence-corrected chi connectivity index (χ4v) is 3.18. The lowest BCUT2D eigenvalue weighted by atomic mass is 9.71. The molecule has 2 nitrogen and oxygen atoms in total. The van der Waals surface area contributed by atoms with E-state index in [0.717, 1.165) is 11.1 Å². The maximum atomic E-state index is 12.0. The summed E-state index contributed by atoms with van der Waals surface area (Å²) in [6.07, 6.45) is 0. The van der Waals surface area contributed by atoms with Gasteiger partial charge in [0.2, 0.25) is 11.6 Å². The Labute approximate surface area is 108 Å². The van der Waals surface area contributed by atoms with E-state index in [2.05, 4.69) is 27.7 Å². The van der Waals surface area contributed by atoms with E-state index in [4.69, 9.17) is 0 Å². The maximum Gasteiger partial charge on any atom is 0.206 e. The van der Waals surface area contributed by atoms with Gasteiger partial charge in [0.05, 0.1) is 0 Å². The molecular weight excluding hydrogens is 224 g/mol. The first-order chi connectivity index (χ1) is 8.29. The summed E-state index contributed by atoms with van der Waals surface area (Å²) in [7, 11) is 0. The van der Waals surface area contributed by atoms with Crippen molar-refractivity contribution in [1.82, 2.24) is 0 Å². The molecule has 0 saturated heterocycles. The van der Waals surface area contributed by atoms with E-state index in [1.165, 1.54) is 22.3 Å². The summed E-state index contributed by atoms with van der Waals surface area (Å²) in [4.78, 5) is 24.0. The number of hydrogen-bond acceptors (Lipinski definition) is 2. The van der Waals surface area contributed by atoms with Gasteiger partial charge in [0.15, 0.2) is 0 Å². The second kappa shape index (κ2) is 4.04. The first kappa shape index (κ1) is 13.0. The molecule has 0 spiro atoms. The van der Waals surface area contributed by atoms with E-state index in [0.29, 0.717) is 0 Å². The Hall–Kier alpha value is -1.44. The Balaban J connectivity index is 2.89. The Morgan fingerprint density at radius 1 is 0.611 bits per heavy atom. The largest absolute Gasteiger partial charge is 0.290 e. The van der Waals surface area contributed by atoms with Gasteiger partial charge in [0.25, 0.3) is 0 Å². The summed E-state index contributed by atoms with van der Waals surface area (Å²) in [6.45, 7) is 12.0. The third kappa shape index (κ3) is 1.48. The van der Waals surface area contributed by atoms with Gasteiger partial charge in [-0.1, -0.05) is 13.8 Å². The van der Waals surface area contributed by atoms with Crippen LogP contribution < -0.4 is 0 Å². The molecule has 0 heterocycles. The number of ketones is 2. The van der Waals surface area contributed by atoms with Crippen LogP contribution in [0.4, 0.5) is 0 Å². The van der Waals surface area contributed by atoms with Crippen LogP contribution in [0.25, 0.3) is 0 Å². The molecule has 2 rings (SSSR count). The molecule has 0 aliphatic heterocycles. The van der Waals surface area contributed by atoms with E-state index in [9.17, 15) is 9.59 Å². The highest BCUT2D eigenvalue weighted by molar-refractivity contribution is 6.42. The summed E-state index contributed by atoms with van der Waals surface area (Å²) in [5, 5.41) is 0. The molecule has 1 aromatic rings. The van der Waals surface area contributed by atoms with Crippen molar-refractivity contribution in [3.63, 3.8) is 0 Å². The highest BCUT2D eigenvalue weighted by Gasteiger charge is 2.38. The second-order valence-electron chi connectivity index (χ2n) is 5.50. The number of carbonyl (C=O) groups is 2. The quantitative estimate of drug-likeness (QED) is 0.656. The smallest absolute Gasteiger partial charge is 0.206 e. The average molecular weight is 244 g/mol. The second-order valence-corrected chi connectivity index (χ2v) is 5.50. The number of Topliss-reactive ketones (excluding diaryl/α,β-unsaturated/α-hetero) is 2. The number of benzene rings is 1. The van der Waals surface area contributed by atoms with Crippen LogP contribution >= 0.6 is 0 Å². The average Bonchev–Trinajstić information content (AvgIpc) is 2.35. The molecule has 0 N–H and O–H groups in total. The number of rotatable bonds is 0. The molecule has 2 unspecified atom stereocenters. The molecule has 0 aromatic heterocycles. The van der Waals surface area contributed by atoms with Crippen LogP contribution in [0.2, 0.25) is 0 Å². The predicted molar refractivity (Wildman–Crippen MR) is 72.2 cm³/mol. The van der Waals surface area contributed by atoms with Crippen molar-refractivity contribution >= 4 is 11.6 Å². The van der Waals surface area contributed by atoms with Crippen molar-refractivity contribution in [3.05, 3.63) is 33.4 Å². The lowest BCUT2D eigenvalue weighted by molar-refractivity contribution is -0.138. The minimum Gasteiger partial charge on any atom is -0.290 e. The fourth-order valence-electron chi connectivity index (χ4n) is 3.18. The maximum absolute atomic E-state index is 12.0. The van der Waals surface area contributed by atoms with Crippen molar-refractivity contribution in [2.24, 2.45) is 0 Å². The van der Waals surface area contributed by atoms with Gasteiger partial charge in [-0.2, -0.15) is 0 Å². The minimum atomic E-state index is -0.290. The van der Waals surface area contributed by atoms with Crippen molar-refractivity contribution in [2.75, 3.05) is 0 Å². The number of fused-ring (bicyclic) bond motifs is 1. The molecule has 1 aliphatic carbocycles. The van der Waals surface area contributed by atoms with Gasteiger partial charge in [-0.15, -0.1) is 0 Å². The number of hydrogen-bond donors (Lipinski definition) is 0. The molecule has 2 heteroatoms. The van der Waals surface area contributed by atoms with Crippen molar-refractivity contribution < 1.29 is 9.59 Å². The van der Waals surface area contributed by atoms with Crippen molar-refractivity contribution in [2.45, 2.75) is 53.4 Å². The Morgan fingerprint density at radius 2 is 0.889 bits per heavy atom. The zero-order valence-electron chi connectivity index (χ0n) is 12.0. The van der Waals surface area contributed by atoms with Gasteiger partial charge in [0, 0.05) is 11.8 Å². The highest BCUT2D eigenvalue weighted by atomic mass is 16.2. The van der Waals surface area contributed by atoms with Crippen LogP contribution in [0.1, 0.15) is 59.1 Å². The zero-order chi connectivity index (χ0) is 13.8. The van der Waals surface area contributed by atoms with E-state index in [1.54, 1.807) is 0 Å². The molecule has 0 saturated carbocycles. The molecular formula is C16H20O2. The molecule has 96 valence electrons. The monoisotopic (exact) mass is 244 g/mol. The van der Waals surface area contributed by atoms with E-state index < -0.39 is 0 Å². The summed E-state index contributed by atoms with van der Waals surface area (Å²) in [5.41, 5.74) is 7.02. The summed E-state index contributed by atoms with van der Waals surface area (Å²) in [5.74, 6) is -1.05. The van der Waals surface area contributed by atoms with Gasteiger partial charge in [0.1, 0.15) is 0 Å². The SMILES string of the molecule is Cc1c(C)c(C)c2c(c1C)C(C)C(=O)C(=O)C2C. The third-order valence-corrected chi connectivity index (χ3v) is 4.68. The molecule has 18 heavy (non-hydrogen) atoms. The third-order valence-electron chi connectivity index (χ3n) is 4.68. The summed E-state index contributed by atoms with van der Waals surface area (Å²) in [6, 6.07) is 0. The van der Waals surface area contributed by atoms with Gasteiger partial charge in [-0.3, -0.25) is 9.59 Å².